The van der Waals surface area contributed by atoms with Gasteiger partial charge in [0.15, 0.2) is 5.58 Å². The Morgan fingerprint density at radius 1 is 1.18 bits per heavy atom. The smallest absolute Gasteiger partial charge is 0.407 e. The van der Waals surface area contributed by atoms with E-state index in [1.165, 1.54) is 4.90 Å². The van der Waals surface area contributed by atoms with E-state index in [2.05, 4.69) is 23.1 Å². The van der Waals surface area contributed by atoms with Crippen molar-refractivity contribution in [2.45, 2.75) is 13.3 Å². The first-order chi connectivity index (χ1) is 13.6. The van der Waals surface area contributed by atoms with Gasteiger partial charge in [0, 0.05) is 43.5 Å². The minimum atomic E-state index is -0.885. The quantitative estimate of drug-likeness (QED) is 0.748. The molecule has 0 saturated carbocycles. The Balaban J connectivity index is 1.75. The lowest BCUT2D eigenvalue weighted by atomic mass is 10.00. The second-order valence-corrected chi connectivity index (χ2v) is 7.10. The summed E-state index contributed by atoms with van der Waals surface area (Å²) in [5.41, 5.74) is 4.74. The molecule has 6 nitrogen and oxygen atoms in total. The molecule has 3 aromatic rings. The summed E-state index contributed by atoms with van der Waals surface area (Å²) < 4.78 is 6.00. The molecule has 1 amide bonds. The van der Waals surface area contributed by atoms with Crippen LogP contribution in [0.2, 0.25) is 0 Å². The summed E-state index contributed by atoms with van der Waals surface area (Å²) in [6.45, 7) is 4.13. The number of carboxylic acid groups (broad SMARTS) is 1. The Hall–Kier alpha value is -3.46. The monoisotopic (exact) mass is 375 g/mol. The van der Waals surface area contributed by atoms with Crippen LogP contribution in [0.25, 0.3) is 11.0 Å². The van der Waals surface area contributed by atoms with Crippen molar-refractivity contribution in [1.29, 1.82) is 5.26 Å². The van der Waals surface area contributed by atoms with Crippen LogP contribution in [0.4, 0.5) is 10.5 Å². The van der Waals surface area contributed by atoms with Crippen molar-refractivity contribution in [3.05, 3.63) is 64.9 Å². The number of nitrogens with zero attached hydrogens (tertiary/aromatic N) is 3. The number of anilines is 1. The molecule has 2 aromatic carbocycles. The molecular weight excluding hydrogens is 354 g/mol. The van der Waals surface area contributed by atoms with E-state index in [9.17, 15) is 15.2 Å². The Morgan fingerprint density at radius 3 is 2.54 bits per heavy atom. The lowest BCUT2D eigenvalue weighted by Gasteiger charge is -2.34. The van der Waals surface area contributed by atoms with Crippen LogP contribution in [-0.4, -0.2) is 42.3 Å². The van der Waals surface area contributed by atoms with E-state index >= 15 is 0 Å². The first-order valence-electron chi connectivity index (χ1n) is 9.29. The van der Waals surface area contributed by atoms with Gasteiger partial charge in [0.2, 0.25) is 5.76 Å². The molecule has 0 aliphatic carbocycles. The Kier molecular flexibility index (Phi) is 4.66. The van der Waals surface area contributed by atoms with Crippen LogP contribution in [0.1, 0.15) is 22.5 Å². The number of hydrogen-bond acceptors (Lipinski definition) is 4. The van der Waals surface area contributed by atoms with Crippen LogP contribution in [-0.2, 0) is 6.42 Å². The number of benzene rings is 2. The first-order valence-corrected chi connectivity index (χ1v) is 9.29. The highest BCUT2D eigenvalue weighted by atomic mass is 16.4. The zero-order valence-corrected chi connectivity index (χ0v) is 15.7. The average Bonchev–Trinajstić information content (AvgIpc) is 3.05. The predicted octanol–water partition coefficient (Wildman–Crippen LogP) is 4.00. The minimum absolute atomic E-state index is 0.342. The van der Waals surface area contributed by atoms with Crippen molar-refractivity contribution in [2.75, 3.05) is 31.1 Å². The fraction of sp³-hybridized carbons (Fsp3) is 0.273. The third-order valence-corrected chi connectivity index (χ3v) is 5.23. The molecule has 0 radical (unpaired) electrons. The van der Waals surface area contributed by atoms with Gasteiger partial charge < -0.3 is 19.3 Å². The number of amides is 1. The van der Waals surface area contributed by atoms with Crippen molar-refractivity contribution in [1.82, 2.24) is 4.90 Å². The van der Waals surface area contributed by atoms with Crippen molar-refractivity contribution in [3.8, 4) is 6.07 Å². The third kappa shape index (κ3) is 3.27. The van der Waals surface area contributed by atoms with Gasteiger partial charge in [-0.3, -0.25) is 0 Å². The number of nitriles is 1. The molecule has 6 heteroatoms. The van der Waals surface area contributed by atoms with Gasteiger partial charge in [0.25, 0.3) is 0 Å². The topological polar surface area (TPSA) is 80.7 Å². The molecule has 142 valence electrons. The van der Waals surface area contributed by atoms with Crippen LogP contribution in [0.15, 0.2) is 46.9 Å². The van der Waals surface area contributed by atoms with E-state index < -0.39 is 6.09 Å². The highest BCUT2D eigenvalue weighted by Gasteiger charge is 2.25. The summed E-state index contributed by atoms with van der Waals surface area (Å²) in [6, 6.07) is 16.4. The molecule has 0 atom stereocenters. The Bertz CT molecular complexity index is 1060. The van der Waals surface area contributed by atoms with Gasteiger partial charge in [-0.1, -0.05) is 30.3 Å². The number of furan rings is 1. The fourth-order valence-electron chi connectivity index (χ4n) is 3.81. The number of hydrogen-bond donors (Lipinski definition) is 1. The molecule has 1 aliphatic heterocycles. The summed E-state index contributed by atoms with van der Waals surface area (Å²) in [7, 11) is 0. The van der Waals surface area contributed by atoms with E-state index in [4.69, 9.17) is 4.42 Å². The number of fused-ring (bicyclic) bond motifs is 1. The lowest BCUT2D eigenvalue weighted by Crippen LogP contribution is -2.48. The van der Waals surface area contributed by atoms with E-state index in [0.29, 0.717) is 43.9 Å². The largest absolute Gasteiger partial charge is 0.465 e. The molecule has 28 heavy (non-hydrogen) atoms. The number of piperazine rings is 1. The molecule has 1 aliphatic rings. The van der Waals surface area contributed by atoms with E-state index in [-0.39, 0.29) is 0 Å². The summed E-state index contributed by atoms with van der Waals surface area (Å²) in [6.07, 6.45) is -0.254. The van der Waals surface area contributed by atoms with E-state index in [0.717, 1.165) is 27.8 Å². The Labute approximate surface area is 163 Å². The van der Waals surface area contributed by atoms with Crippen molar-refractivity contribution < 1.29 is 14.3 Å². The van der Waals surface area contributed by atoms with Gasteiger partial charge >= 0.3 is 6.09 Å². The maximum absolute atomic E-state index is 11.2. The Morgan fingerprint density at radius 2 is 1.89 bits per heavy atom. The average molecular weight is 375 g/mol. The minimum Gasteiger partial charge on any atom is -0.465 e. The fourth-order valence-corrected chi connectivity index (χ4v) is 3.81. The molecule has 1 fully saturated rings. The maximum Gasteiger partial charge on any atom is 0.407 e. The molecular formula is C22H21N3O3. The predicted molar refractivity (Wildman–Crippen MR) is 107 cm³/mol. The second kappa shape index (κ2) is 7.28. The molecule has 2 heterocycles. The zero-order valence-electron chi connectivity index (χ0n) is 15.7. The van der Waals surface area contributed by atoms with Gasteiger partial charge in [-0.2, -0.15) is 5.26 Å². The van der Waals surface area contributed by atoms with Crippen LogP contribution >= 0.6 is 0 Å². The summed E-state index contributed by atoms with van der Waals surface area (Å²) in [4.78, 5) is 14.7. The molecule has 1 N–H and O–H groups in total. The van der Waals surface area contributed by atoms with Gasteiger partial charge in [0.1, 0.15) is 6.07 Å². The van der Waals surface area contributed by atoms with Gasteiger partial charge in [0.05, 0.1) is 5.69 Å². The van der Waals surface area contributed by atoms with Crippen LogP contribution in [0, 0.1) is 18.3 Å². The van der Waals surface area contributed by atoms with Crippen molar-refractivity contribution in [3.63, 3.8) is 0 Å². The van der Waals surface area contributed by atoms with Crippen molar-refractivity contribution >= 4 is 22.7 Å². The SMILES string of the molecule is Cc1cc(N2CCN(C(=O)O)CC2)c2oc(C#N)c(Cc3ccccc3)c2c1. The van der Waals surface area contributed by atoms with E-state index in [1.807, 2.05) is 37.3 Å². The van der Waals surface area contributed by atoms with Crippen LogP contribution in [0.3, 0.4) is 0 Å². The first kappa shape index (κ1) is 17.9. The standard InChI is InChI=1S/C22H21N3O3/c1-15-11-18-17(13-16-5-3-2-4-6-16)20(14-23)28-21(18)19(12-15)24-7-9-25(10-8-24)22(26)27/h2-6,11-12H,7-10,13H2,1H3,(H,26,27). The summed E-state index contributed by atoms with van der Waals surface area (Å²) in [5.74, 6) is 0.342. The van der Waals surface area contributed by atoms with Crippen LogP contribution < -0.4 is 4.90 Å². The highest BCUT2D eigenvalue weighted by molar-refractivity contribution is 5.94. The second-order valence-electron chi connectivity index (χ2n) is 7.10. The number of carbonyl (C=O) groups is 1. The highest BCUT2D eigenvalue weighted by Crippen LogP contribution is 2.36. The molecule has 4 rings (SSSR count). The molecule has 1 aromatic heterocycles. The normalized spacial score (nSPS) is 14.3. The van der Waals surface area contributed by atoms with Gasteiger partial charge in [-0.05, 0) is 30.2 Å². The molecule has 0 unspecified atom stereocenters. The summed E-state index contributed by atoms with van der Waals surface area (Å²) in [5, 5.41) is 19.8. The number of aryl methyl sites for hydroxylation is 1. The van der Waals surface area contributed by atoms with Gasteiger partial charge in [-0.15, -0.1) is 0 Å². The summed E-state index contributed by atoms with van der Waals surface area (Å²) >= 11 is 0. The lowest BCUT2D eigenvalue weighted by molar-refractivity contribution is 0.142. The molecule has 0 spiro atoms. The van der Waals surface area contributed by atoms with Crippen LogP contribution in [0.5, 0.6) is 0 Å². The number of rotatable bonds is 3. The van der Waals surface area contributed by atoms with Crippen molar-refractivity contribution in [2.24, 2.45) is 0 Å². The zero-order chi connectivity index (χ0) is 19.7. The molecule has 1 saturated heterocycles. The van der Waals surface area contributed by atoms with E-state index in [1.54, 1.807) is 0 Å². The maximum atomic E-state index is 11.2. The molecule has 0 bridgehead atoms. The third-order valence-electron chi connectivity index (χ3n) is 5.23. The van der Waals surface area contributed by atoms with Gasteiger partial charge in [-0.25, -0.2) is 4.79 Å².